The topological polar surface area (TPSA) is 69.0 Å². The van der Waals surface area contributed by atoms with E-state index >= 15 is 0 Å². The summed E-state index contributed by atoms with van der Waals surface area (Å²) in [4.78, 5) is 20.6. The summed E-state index contributed by atoms with van der Waals surface area (Å²) in [5, 5.41) is 2.89. The van der Waals surface area contributed by atoms with Gasteiger partial charge in [-0.15, -0.1) is 0 Å². The van der Waals surface area contributed by atoms with E-state index in [0.29, 0.717) is 24.0 Å². The normalized spacial score (nSPS) is 11.0. The first-order valence-corrected chi connectivity index (χ1v) is 7.82. The number of amides is 1. The van der Waals surface area contributed by atoms with Gasteiger partial charge in [0.2, 0.25) is 5.88 Å². The molecule has 0 bridgehead atoms. The number of pyridine rings is 1. The van der Waals surface area contributed by atoms with E-state index in [1.54, 1.807) is 19.2 Å². The molecule has 24 heavy (non-hydrogen) atoms. The molecule has 124 valence electrons. The Hall–Kier alpha value is -2.89. The van der Waals surface area contributed by atoms with Crippen LogP contribution in [0.4, 0.5) is 0 Å². The first-order chi connectivity index (χ1) is 11.6. The molecular weight excluding hydrogens is 304 g/mol. The molecule has 0 radical (unpaired) electrons. The lowest BCUT2D eigenvalue weighted by Gasteiger charge is -2.09. The summed E-state index contributed by atoms with van der Waals surface area (Å²) in [6.07, 6.45) is 3.35. The zero-order valence-electron chi connectivity index (χ0n) is 14.0. The summed E-state index contributed by atoms with van der Waals surface area (Å²) in [6.45, 7) is 4.69. The van der Waals surface area contributed by atoms with E-state index in [9.17, 15) is 4.79 Å². The molecule has 6 nitrogen and oxygen atoms in total. The van der Waals surface area contributed by atoms with Crippen molar-refractivity contribution in [2.75, 3.05) is 7.11 Å². The van der Waals surface area contributed by atoms with Crippen LogP contribution in [0.15, 0.2) is 42.9 Å². The lowest BCUT2D eigenvalue weighted by Crippen LogP contribution is -2.22. The van der Waals surface area contributed by atoms with Gasteiger partial charge in [0.1, 0.15) is 0 Å². The van der Waals surface area contributed by atoms with Gasteiger partial charge in [0.05, 0.1) is 30.0 Å². The van der Waals surface area contributed by atoms with Crippen molar-refractivity contribution in [1.82, 2.24) is 19.9 Å². The van der Waals surface area contributed by atoms with Crippen molar-refractivity contribution in [1.29, 1.82) is 0 Å². The molecule has 2 heterocycles. The SMILES string of the molecule is COc1ccc(C(=O)NCc2ccc3c(c2)ncn3C(C)C)cn1. The Morgan fingerprint density at radius 1 is 1.25 bits per heavy atom. The summed E-state index contributed by atoms with van der Waals surface area (Å²) < 4.78 is 7.11. The molecule has 0 aliphatic heterocycles. The van der Waals surface area contributed by atoms with Crippen molar-refractivity contribution < 1.29 is 9.53 Å². The largest absolute Gasteiger partial charge is 0.481 e. The second-order valence-electron chi connectivity index (χ2n) is 5.84. The number of fused-ring (bicyclic) bond motifs is 1. The van der Waals surface area contributed by atoms with Crippen molar-refractivity contribution in [3.05, 3.63) is 54.0 Å². The number of nitrogens with zero attached hydrogens (tertiary/aromatic N) is 3. The van der Waals surface area contributed by atoms with Gasteiger partial charge in [-0.2, -0.15) is 0 Å². The third-order valence-corrected chi connectivity index (χ3v) is 3.86. The van der Waals surface area contributed by atoms with Gasteiger partial charge in [-0.3, -0.25) is 4.79 Å². The number of hydrogen-bond acceptors (Lipinski definition) is 4. The van der Waals surface area contributed by atoms with Gasteiger partial charge in [0, 0.05) is 24.8 Å². The fourth-order valence-electron chi connectivity index (χ4n) is 2.52. The molecule has 0 saturated carbocycles. The predicted octanol–water partition coefficient (Wildman–Crippen LogP) is 2.95. The smallest absolute Gasteiger partial charge is 0.253 e. The van der Waals surface area contributed by atoms with Crippen molar-refractivity contribution >= 4 is 16.9 Å². The van der Waals surface area contributed by atoms with Crippen LogP contribution >= 0.6 is 0 Å². The van der Waals surface area contributed by atoms with Crippen LogP contribution in [0.2, 0.25) is 0 Å². The minimum Gasteiger partial charge on any atom is -0.481 e. The number of nitrogens with one attached hydrogen (secondary N) is 1. The summed E-state index contributed by atoms with van der Waals surface area (Å²) in [5.41, 5.74) is 3.54. The first kappa shape index (κ1) is 16.0. The number of aromatic nitrogens is 3. The molecule has 3 aromatic rings. The van der Waals surface area contributed by atoms with Gasteiger partial charge >= 0.3 is 0 Å². The first-order valence-electron chi connectivity index (χ1n) is 7.82. The molecule has 1 N–H and O–H groups in total. The second-order valence-corrected chi connectivity index (χ2v) is 5.84. The number of benzene rings is 1. The van der Waals surface area contributed by atoms with Crippen LogP contribution in [-0.2, 0) is 6.54 Å². The van der Waals surface area contributed by atoms with Crippen LogP contribution in [0.3, 0.4) is 0 Å². The number of methoxy groups -OCH3 is 1. The molecule has 0 saturated heterocycles. The van der Waals surface area contributed by atoms with Gasteiger partial charge in [0.15, 0.2) is 0 Å². The molecule has 6 heteroatoms. The van der Waals surface area contributed by atoms with Gasteiger partial charge in [-0.1, -0.05) is 6.07 Å². The number of ether oxygens (including phenoxy) is 1. The van der Waals surface area contributed by atoms with E-state index in [-0.39, 0.29) is 5.91 Å². The highest BCUT2D eigenvalue weighted by Crippen LogP contribution is 2.18. The van der Waals surface area contributed by atoms with Crippen LogP contribution in [-0.4, -0.2) is 27.6 Å². The third-order valence-electron chi connectivity index (χ3n) is 3.86. The van der Waals surface area contributed by atoms with Crippen molar-refractivity contribution in [3.63, 3.8) is 0 Å². The minimum absolute atomic E-state index is 0.169. The van der Waals surface area contributed by atoms with Crippen molar-refractivity contribution in [2.45, 2.75) is 26.4 Å². The molecule has 0 aliphatic carbocycles. The van der Waals surface area contributed by atoms with E-state index in [2.05, 4.69) is 33.7 Å². The maximum Gasteiger partial charge on any atom is 0.253 e. The Morgan fingerprint density at radius 2 is 2.08 bits per heavy atom. The standard InChI is InChI=1S/C18H20N4O2/c1-12(2)22-11-21-15-8-13(4-6-16(15)22)9-20-18(23)14-5-7-17(24-3)19-10-14/h4-8,10-12H,9H2,1-3H3,(H,20,23). The molecule has 2 aromatic heterocycles. The number of carbonyl (C=O) groups excluding carboxylic acids is 1. The Labute approximate surface area is 140 Å². The Morgan fingerprint density at radius 3 is 2.75 bits per heavy atom. The van der Waals surface area contributed by atoms with E-state index in [1.807, 2.05) is 24.5 Å². The van der Waals surface area contributed by atoms with Gasteiger partial charge in [-0.05, 0) is 37.6 Å². The molecule has 0 spiro atoms. The zero-order chi connectivity index (χ0) is 17.1. The number of hydrogen-bond donors (Lipinski definition) is 1. The van der Waals surface area contributed by atoms with E-state index in [1.165, 1.54) is 6.20 Å². The Kier molecular flexibility index (Phi) is 4.46. The summed E-state index contributed by atoms with van der Waals surface area (Å²) in [5.74, 6) is 0.315. The highest BCUT2D eigenvalue weighted by atomic mass is 16.5. The van der Waals surface area contributed by atoms with Crippen LogP contribution in [0.5, 0.6) is 5.88 Å². The fourth-order valence-corrected chi connectivity index (χ4v) is 2.52. The van der Waals surface area contributed by atoms with Crippen LogP contribution in [0.25, 0.3) is 11.0 Å². The van der Waals surface area contributed by atoms with Crippen molar-refractivity contribution in [2.24, 2.45) is 0 Å². The predicted molar refractivity (Wildman–Crippen MR) is 92.1 cm³/mol. The van der Waals surface area contributed by atoms with Crippen LogP contribution in [0.1, 0.15) is 35.8 Å². The summed E-state index contributed by atoms with van der Waals surface area (Å²) in [6, 6.07) is 9.77. The minimum atomic E-state index is -0.169. The maximum atomic E-state index is 12.2. The Balaban J connectivity index is 1.69. The van der Waals surface area contributed by atoms with Gasteiger partial charge in [0.25, 0.3) is 5.91 Å². The highest BCUT2D eigenvalue weighted by Gasteiger charge is 2.09. The summed E-state index contributed by atoms with van der Waals surface area (Å²) >= 11 is 0. The van der Waals surface area contributed by atoms with E-state index < -0.39 is 0 Å². The molecular formula is C18H20N4O2. The average molecular weight is 324 g/mol. The fraction of sp³-hybridized carbons (Fsp3) is 0.278. The van der Waals surface area contributed by atoms with Crippen molar-refractivity contribution in [3.8, 4) is 5.88 Å². The molecule has 0 aliphatic rings. The lowest BCUT2D eigenvalue weighted by atomic mass is 10.2. The third kappa shape index (κ3) is 3.22. The van der Waals surface area contributed by atoms with Gasteiger partial charge in [-0.25, -0.2) is 9.97 Å². The average Bonchev–Trinajstić information content (AvgIpc) is 3.03. The molecule has 1 aromatic carbocycles. The number of rotatable bonds is 5. The quantitative estimate of drug-likeness (QED) is 0.783. The Bertz CT molecular complexity index is 853. The summed E-state index contributed by atoms with van der Waals surface area (Å²) in [7, 11) is 1.54. The van der Waals surface area contributed by atoms with Gasteiger partial charge < -0.3 is 14.6 Å². The van der Waals surface area contributed by atoms with Crippen LogP contribution in [0, 0.1) is 0 Å². The molecule has 1 amide bonds. The number of imidazole rings is 1. The molecule has 0 fully saturated rings. The zero-order valence-corrected chi connectivity index (χ0v) is 14.0. The molecule has 0 atom stereocenters. The molecule has 3 rings (SSSR count). The number of carbonyl (C=O) groups is 1. The maximum absolute atomic E-state index is 12.2. The second kappa shape index (κ2) is 6.70. The monoisotopic (exact) mass is 324 g/mol. The highest BCUT2D eigenvalue weighted by molar-refractivity contribution is 5.93. The lowest BCUT2D eigenvalue weighted by molar-refractivity contribution is 0.0950. The van der Waals surface area contributed by atoms with E-state index in [4.69, 9.17) is 4.74 Å². The molecule has 0 unspecified atom stereocenters. The van der Waals surface area contributed by atoms with Crippen LogP contribution < -0.4 is 10.1 Å². The van der Waals surface area contributed by atoms with E-state index in [0.717, 1.165) is 16.6 Å².